The number of aryl methyl sites for hydroxylation is 1. The summed E-state index contributed by atoms with van der Waals surface area (Å²) in [6, 6.07) is 22.0. The van der Waals surface area contributed by atoms with Crippen molar-refractivity contribution in [2.75, 3.05) is 5.32 Å². The third kappa shape index (κ3) is 3.91. The monoisotopic (exact) mass is 399 g/mol. The molecule has 0 saturated carbocycles. The van der Waals surface area contributed by atoms with E-state index < -0.39 is 5.91 Å². The average molecular weight is 399 g/mol. The fraction of sp³-hybridized carbons (Fsp3) is 0.130. The summed E-state index contributed by atoms with van der Waals surface area (Å²) in [6.45, 7) is 4.03. The van der Waals surface area contributed by atoms with E-state index in [2.05, 4.69) is 15.5 Å². The molecule has 0 saturated heterocycles. The van der Waals surface area contributed by atoms with E-state index in [0.717, 1.165) is 16.9 Å². The van der Waals surface area contributed by atoms with Crippen LogP contribution in [-0.2, 0) is 6.54 Å². The van der Waals surface area contributed by atoms with Gasteiger partial charge in [-0.15, -0.1) is 0 Å². The number of amides is 1. The molecule has 0 bridgehead atoms. The second-order valence-electron chi connectivity index (χ2n) is 6.95. The number of hydrogen-bond acceptors (Lipinski definition) is 4. The third-order valence-corrected chi connectivity index (χ3v) is 4.81. The maximum absolute atomic E-state index is 12.9. The first-order valence-electron chi connectivity index (χ1n) is 9.58. The van der Waals surface area contributed by atoms with Gasteiger partial charge in [0.15, 0.2) is 0 Å². The zero-order valence-corrected chi connectivity index (χ0v) is 16.7. The van der Waals surface area contributed by atoms with Gasteiger partial charge in [-0.2, -0.15) is 10.2 Å². The Kier molecular flexibility index (Phi) is 5.26. The minimum Gasteiger partial charge on any atom is -0.317 e. The predicted octanol–water partition coefficient (Wildman–Crippen LogP) is 3.35. The van der Waals surface area contributed by atoms with Gasteiger partial charge >= 0.3 is 0 Å². The summed E-state index contributed by atoms with van der Waals surface area (Å²) in [5.74, 6) is -0.393. The lowest BCUT2D eigenvalue weighted by Crippen LogP contribution is -2.26. The Morgan fingerprint density at radius 3 is 2.27 bits per heavy atom. The summed E-state index contributed by atoms with van der Waals surface area (Å²) in [5, 5.41) is 11.7. The Bertz CT molecular complexity index is 1240. The van der Waals surface area contributed by atoms with Gasteiger partial charge in [-0.3, -0.25) is 9.59 Å². The SMILES string of the molecule is Cc1nn(-c2ccccc2)c(C)c1NC(=O)c1ccc(=O)n(Cc2ccccc2)n1. The van der Waals surface area contributed by atoms with E-state index in [-0.39, 0.29) is 11.3 Å². The summed E-state index contributed by atoms with van der Waals surface area (Å²) in [5.41, 5.74) is 3.88. The van der Waals surface area contributed by atoms with Gasteiger partial charge in [0.1, 0.15) is 5.69 Å². The second-order valence-corrected chi connectivity index (χ2v) is 6.95. The largest absolute Gasteiger partial charge is 0.317 e. The maximum atomic E-state index is 12.9. The van der Waals surface area contributed by atoms with E-state index in [1.165, 1.54) is 16.8 Å². The molecule has 0 aliphatic rings. The van der Waals surface area contributed by atoms with Gasteiger partial charge in [0.05, 0.1) is 29.3 Å². The van der Waals surface area contributed by atoms with Crippen LogP contribution in [0.4, 0.5) is 5.69 Å². The smallest absolute Gasteiger partial charge is 0.276 e. The minimum atomic E-state index is -0.393. The molecular formula is C23H21N5O2. The fourth-order valence-electron chi connectivity index (χ4n) is 3.26. The summed E-state index contributed by atoms with van der Waals surface area (Å²) in [7, 11) is 0. The normalized spacial score (nSPS) is 10.7. The predicted molar refractivity (Wildman–Crippen MR) is 115 cm³/mol. The lowest BCUT2D eigenvalue weighted by molar-refractivity contribution is 0.101. The molecule has 0 radical (unpaired) electrons. The number of carbonyl (C=O) groups excluding carboxylic acids is 1. The van der Waals surface area contributed by atoms with Crippen molar-refractivity contribution in [1.29, 1.82) is 0 Å². The van der Waals surface area contributed by atoms with Gasteiger partial charge in [-0.25, -0.2) is 9.36 Å². The van der Waals surface area contributed by atoms with Crippen molar-refractivity contribution in [3.8, 4) is 5.69 Å². The first kappa shape index (κ1) is 19.3. The summed E-state index contributed by atoms with van der Waals surface area (Å²) in [4.78, 5) is 25.0. The summed E-state index contributed by atoms with van der Waals surface area (Å²) < 4.78 is 3.08. The molecule has 2 aromatic heterocycles. The van der Waals surface area contributed by atoms with Crippen molar-refractivity contribution in [2.24, 2.45) is 0 Å². The van der Waals surface area contributed by atoms with E-state index >= 15 is 0 Å². The van der Waals surface area contributed by atoms with Crippen LogP contribution in [0, 0.1) is 13.8 Å². The van der Waals surface area contributed by atoms with Crippen LogP contribution in [0.5, 0.6) is 0 Å². The number of para-hydroxylation sites is 1. The minimum absolute atomic E-state index is 0.164. The molecule has 1 amide bonds. The van der Waals surface area contributed by atoms with E-state index in [4.69, 9.17) is 0 Å². The molecule has 7 heteroatoms. The molecule has 4 aromatic rings. The van der Waals surface area contributed by atoms with Crippen LogP contribution in [0.1, 0.15) is 27.4 Å². The van der Waals surface area contributed by atoms with Gasteiger partial charge in [0.25, 0.3) is 11.5 Å². The average Bonchev–Trinajstić information content (AvgIpc) is 3.05. The van der Waals surface area contributed by atoms with Gasteiger partial charge in [-0.1, -0.05) is 48.5 Å². The molecule has 7 nitrogen and oxygen atoms in total. The lowest BCUT2D eigenvalue weighted by atomic mass is 10.2. The van der Waals surface area contributed by atoms with Crippen LogP contribution in [0.2, 0.25) is 0 Å². The molecule has 0 spiro atoms. The first-order chi connectivity index (χ1) is 14.5. The molecule has 2 heterocycles. The number of rotatable bonds is 5. The quantitative estimate of drug-likeness (QED) is 0.558. The van der Waals surface area contributed by atoms with Crippen LogP contribution < -0.4 is 10.9 Å². The van der Waals surface area contributed by atoms with Crippen LogP contribution >= 0.6 is 0 Å². The van der Waals surface area contributed by atoms with E-state index in [1.807, 2.05) is 74.5 Å². The first-order valence-corrected chi connectivity index (χ1v) is 9.58. The third-order valence-electron chi connectivity index (χ3n) is 4.81. The Morgan fingerprint density at radius 2 is 1.57 bits per heavy atom. The van der Waals surface area contributed by atoms with Crippen molar-refractivity contribution in [3.63, 3.8) is 0 Å². The molecule has 0 aliphatic carbocycles. The topological polar surface area (TPSA) is 81.8 Å². The Morgan fingerprint density at radius 1 is 0.900 bits per heavy atom. The van der Waals surface area contributed by atoms with E-state index in [1.54, 1.807) is 4.68 Å². The number of nitrogens with one attached hydrogen (secondary N) is 1. The molecule has 0 fully saturated rings. The zero-order chi connectivity index (χ0) is 21.1. The van der Waals surface area contributed by atoms with Crippen LogP contribution in [0.3, 0.4) is 0 Å². The summed E-state index contributed by atoms with van der Waals surface area (Å²) in [6.07, 6.45) is 0. The summed E-state index contributed by atoms with van der Waals surface area (Å²) >= 11 is 0. The standard InChI is InChI=1S/C23H21N5O2/c1-16-22(17(2)28(25-16)19-11-7-4-8-12-19)24-23(30)20-13-14-21(29)27(26-20)15-18-9-5-3-6-10-18/h3-14H,15H2,1-2H3,(H,24,30). The van der Waals surface area contributed by atoms with Crippen LogP contribution in [0.15, 0.2) is 77.6 Å². The number of hydrogen-bond donors (Lipinski definition) is 1. The van der Waals surface area contributed by atoms with Gasteiger partial charge < -0.3 is 5.32 Å². The molecule has 30 heavy (non-hydrogen) atoms. The van der Waals surface area contributed by atoms with Crippen molar-refractivity contribution in [2.45, 2.75) is 20.4 Å². The zero-order valence-electron chi connectivity index (χ0n) is 16.7. The highest BCUT2D eigenvalue weighted by Gasteiger charge is 2.17. The number of nitrogens with zero attached hydrogens (tertiary/aromatic N) is 4. The maximum Gasteiger partial charge on any atom is 0.276 e. The highest BCUT2D eigenvalue weighted by atomic mass is 16.2. The van der Waals surface area contributed by atoms with E-state index in [0.29, 0.717) is 17.9 Å². The van der Waals surface area contributed by atoms with Crippen molar-refractivity contribution in [1.82, 2.24) is 19.6 Å². The van der Waals surface area contributed by atoms with Crippen LogP contribution in [0.25, 0.3) is 5.69 Å². The number of anilines is 1. The number of benzene rings is 2. The molecule has 4 rings (SSSR count). The Hall–Kier alpha value is -4.00. The molecule has 2 aromatic carbocycles. The molecule has 0 aliphatic heterocycles. The highest BCUT2D eigenvalue weighted by molar-refractivity contribution is 6.03. The molecule has 150 valence electrons. The van der Waals surface area contributed by atoms with E-state index in [9.17, 15) is 9.59 Å². The highest BCUT2D eigenvalue weighted by Crippen LogP contribution is 2.23. The lowest BCUT2D eigenvalue weighted by Gasteiger charge is -2.09. The fourth-order valence-corrected chi connectivity index (χ4v) is 3.26. The van der Waals surface area contributed by atoms with Crippen LogP contribution in [-0.4, -0.2) is 25.5 Å². The molecular weight excluding hydrogens is 378 g/mol. The number of aromatic nitrogens is 4. The molecule has 1 N–H and O–H groups in total. The Labute approximate surface area is 173 Å². The van der Waals surface area contributed by atoms with Crippen molar-refractivity contribution >= 4 is 11.6 Å². The van der Waals surface area contributed by atoms with Crippen molar-refractivity contribution in [3.05, 3.63) is 106 Å². The van der Waals surface area contributed by atoms with Gasteiger partial charge in [-0.05, 0) is 37.6 Å². The van der Waals surface area contributed by atoms with Gasteiger partial charge in [0.2, 0.25) is 0 Å². The number of carbonyl (C=O) groups is 1. The second kappa shape index (κ2) is 8.16. The molecule has 0 unspecified atom stereocenters. The Balaban J connectivity index is 1.60. The van der Waals surface area contributed by atoms with Crippen molar-refractivity contribution < 1.29 is 4.79 Å². The van der Waals surface area contributed by atoms with Gasteiger partial charge in [0, 0.05) is 6.07 Å². The molecule has 0 atom stereocenters.